The average molecular weight is 207 g/mol. The van der Waals surface area contributed by atoms with Crippen molar-refractivity contribution < 1.29 is 0 Å². The van der Waals surface area contributed by atoms with Crippen molar-refractivity contribution in [1.29, 1.82) is 5.41 Å². The van der Waals surface area contributed by atoms with E-state index in [1.807, 2.05) is 14.0 Å². The minimum absolute atomic E-state index is 0.749. The maximum absolute atomic E-state index is 7.41. The summed E-state index contributed by atoms with van der Waals surface area (Å²) in [6.07, 6.45) is 1.44. The van der Waals surface area contributed by atoms with Gasteiger partial charge in [0.25, 0.3) is 0 Å². The normalized spacial score (nSPS) is 14.9. The van der Waals surface area contributed by atoms with Gasteiger partial charge >= 0.3 is 0 Å². The number of nitrogens with one attached hydrogen (secondary N) is 1. The van der Waals surface area contributed by atoms with Crippen LogP contribution in [0.5, 0.6) is 0 Å². The summed E-state index contributed by atoms with van der Waals surface area (Å²) in [6, 6.07) is 0. The van der Waals surface area contributed by atoms with E-state index in [9.17, 15) is 0 Å². The van der Waals surface area contributed by atoms with E-state index in [-0.39, 0.29) is 0 Å². The monoisotopic (exact) mass is 207 g/mol. The van der Waals surface area contributed by atoms with Gasteiger partial charge < -0.3 is 9.98 Å². The Morgan fingerprint density at radius 2 is 2.21 bits per heavy atom. The second kappa shape index (κ2) is 3.28. The van der Waals surface area contributed by atoms with Crippen molar-refractivity contribution in [3.8, 4) is 0 Å². The largest absolute Gasteiger partial charge is 0.349 e. The van der Waals surface area contributed by atoms with Crippen LogP contribution in [0.4, 0.5) is 0 Å². The molecule has 0 unspecified atom stereocenters. The van der Waals surface area contributed by atoms with E-state index in [4.69, 9.17) is 5.41 Å². The molecule has 0 atom stereocenters. The highest BCUT2D eigenvalue weighted by Crippen LogP contribution is 2.34. The summed E-state index contributed by atoms with van der Waals surface area (Å²) in [5, 5.41) is 8.50. The highest BCUT2D eigenvalue weighted by atomic mass is 32.2. The fourth-order valence-corrected chi connectivity index (χ4v) is 2.74. The summed E-state index contributed by atoms with van der Waals surface area (Å²) in [5.74, 6) is 0. The molecule has 1 aromatic heterocycles. The first-order valence-corrected chi connectivity index (χ1v) is 5.34. The molecule has 2 heterocycles. The van der Waals surface area contributed by atoms with Crippen molar-refractivity contribution in [3.63, 3.8) is 0 Å². The highest BCUT2D eigenvalue weighted by Gasteiger charge is 2.20. The van der Waals surface area contributed by atoms with Crippen LogP contribution in [-0.2, 0) is 13.6 Å². The lowest BCUT2D eigenvalue weighted by molar-refractivity contribution is 0.784. The second-order valence-electron chi connectivity index (χ2n) is 3.42. The van der Waals surface area contributed by atoms with Gasteiger partial charge in [0.05, 0.1) is 17.3 Å². The van der Waals surface area contributed by atoms with Crippen LogP contribution in [-0.4, -0.2) is 15.8 Å². The number of thioether (sulfide) groups is 1. The van der Waals surface area contributed by atoms with Gasteiger partial charge in [-0.15, -0.1) is 0 Å². The molecule has 4 heteroatoms. The minimum Gasteiger partial charge on any atom is -0.349 e. The third kappa shape index (κ3) is 1.21. The van der Waals surface area contributed by atoms with Crippen molar-refractivity contribution in [2.45, 2.75) is 25.3 Å². The van der Waals surface area contributed by atoms with Crippen LogP contribution < -0.4 is 0 Å². The standard InChI is InChI=1S/C10H13N3S/c1-6-8(4-11)10-9(13(6)3)5-12-7(2)14-10/h4,11H,5H2,1-3H3. The average Bonchev–Trinajstić information content (AvgIpc) is 2.39. The molecule has 1 aliphatic rings. The van der Waals surface area contributed by atoms with Gasteiger partial charge in [0, 0.05) is 29.4 Å². The zero-order valence-electron chi connectivity index (χ0n) is 8.59. The van der Waals surface area contributed by atoms with Gasteiger partial charge in [-0.25, -0.2) is 0 Å². The quantitative estimate of drug-likeness (QED) is 0.706. The summed E-state index contributed by atoms with van der Waals surface area (Å²) in [7, 11) is 2.04. The molecule has 0 bridgehead atoms. The zero-order chi connectivity index (χ0) is 10.3. The van der Waals surface area contributed by atoms with Gasteiger partial charge in [0.15, 0.2) is 0 Å². The van der Waals surface area contributed by atoms with Gasteiger partial charge in [-0.2, -0.15) is 0 Å². The van der Waals surface area contributed by atoms with Crippen LogP contribution in [0, 0.1) is 12.3 Å². The molecule has 74 valence electrons. The molecular formula is C10H13N3S. The third-order valence-electron chi connectivity index (χ3n) is 2.65. The van der Waals surface area contributed by atoms with E-state index in [1.165, 1.54) is 16.8 Å². The summed E-state index contributed by atoms with van der Waals surface area (Å²) in [5.41, 5.74) is 3.43. The van der Waals surface area contributed by atoms with E-state index >= 15 is 0 Å². The lowest BCUT2D eigenvalue weighted by Gasteiger charge is -2.11. The molecule has 2 rings (SSSR count). The van der Waals surface area contributed by atoms with Crippen LogP contribution in [0.2, 0.25) is 0 Å². The third-order valence-corrected chi connectivity index (χ3v) is 3.73. The lowest BCUT2D eigenvalue weighted by Crippen LogP contribution is -2.02. The molecule has 0 radical (unpaired) electrons. The van der Waals surface area contributed by atoms with E-state index < -0.39 is 0 Å². The molecule has 1 aromatic rings. The van der Waals surface area contributed by atoms with Crippen molar-refractivity contribution >= 4 is 23.0 Å². The van der Waals surface area contributed by atoms with Crippen LogP contribution in [0.15, 0.2) is 9.89 Å². The number of aliphatic imine (C=N–C) groups is 1. The number of aromatic nitrogens is 1. The molecule has 1 aliphatic heterocycles. The molecule has 1 N–H and O–H groups in total. The first-order valence-electron chi connectivity index (χ1n) is 4.52. The SMILES string of the molecule is CC1=NCc2c(c(C=N)c(C)n2C)S1. The Balaban J connectivity index is 2.62. The lowest BCUT2D eigenvalue weighted by atomic mass is 10.2. The summed E-state index contributed by atoms with van der Waals surface area (Å²) < 4.78 is 2.14. The fourth-order valence-electron chi connectivity index (χ4n) is 1.68. The van der Waals surface area contributed by atoms with Gasteiger partial charge in [0.1, 0.15) is 0 Å². The van der Waals surface area contributed by atoms with Crippen LogP contribution in [0.1, 0.15) is 23.9 Å². The van der Waals surface area contributed by atoms with E-state index in [2.05, 4.69) is 16.5 Å². The highest BCUT2D eigenvalue weighted by molar-refractivity contribution is 8.14. The number of fused-ring (bicyclic) bond motifs is 1. The maximum atomic E-state index is 7.41. The van der Waals surface area contributed by atoms with E-state index in [1.54, 1.807) is 11.8 Å². The predicted octanol–water partition coefficient (Wildman–Crippen LogP) is 2.36. The molecule has 0 fully saturated rings. The molecule has 0 aromatic carbocycles. The molecule has 0 saturated carbocycles. The topological polar surface area (TPSA) is 41.1 Å². The van der Waals surface area contributed by atoms with Gasteiger partial charge in [0.2, 0.25) is 0 Å². The molecule has 14 heavy (non-hydrogen) atoms. The zero-order valence-corrected chi connectivity index (χ0v) is 9.40. The van der Waals surface area contributed by atoms with E-state index in [0.717, 1.165) is 22.8 Å². The van der Waals surface area contributed by atoms with Crippen molar-refractivity contribution in [3.05, 3.63) is 17.0 Å². The molecule has 3 nitrogen and oxygen atoms in total. The minimum atomic E-state index is 0.749. The Kier molecular flexibility index (Phi) is 2.23. The van der Waals surface area contributed by atoms with Gasteiger partial charge in [-0.3, -0.25) is 4.99 Å². The van der Waals surface area contributed by atoms with Gasteiger partial charge in [-0.05, 0) is 13.8 Å². The maximum Gasteiger partial charge on any atom is 0.0812 e. The molecule has 0 amide bonds. The summed E-state index contributed by atoms with van der Waals surface area (Å²) in [4.78, 5) is 5.62. The number of nitrogens with zero attached hydrogens (tertiary/aromatic N) is 2. The predicted molar refractivity (Wildman–Crippen MR) is 60.7 cm³/mol. The Bertz CT molecular complexity index is 429. The molecule has 0 saturated heterocycles. The fraction of sp³-hybridized carbons (Fsp3) is 0.400. The number of hydrogen-bond donors (Lipinski definition) is 1. The Morgan fingerprint density at radius 3 is 2.86 bits per heavy atom. The van der Waals surface area contributed by atoms with Gasteiger partial charge in [-0.1, -0.05) is 11.8 Å². The Morgan fingerprint density at radius 1 is 1.50 bits per heavy atom. The van der Waals surface area contributed by atoms with Crippen LogP contribution in [0.25, 0.3) is 0 Å². The molecular weight excluding hydrogens is 194 g/mol. The molecule has 0 aliphatic carbocycles. The van der Waals surface area contributed by atoms with Crippen LogP contribution in [0.3, 0.4) is 0 Å². The summed E-state index contributed by atoms with van der Waals surface area (Å²) >= 11 is 1.68. The van der Waals surface area contributed by atoms with E-state index in [0.29, 0.717) is 0 Å². The first-order chi connectivity index (χ1) is 6.65. The summed E-state index contributed by atoms with van der Waals surface area (Å²) in [6.45, 7) is 4.82. The number of rotatable bonds is 1. The van der Waals surface area contributed by atoms with Crippen LogP contribution >= 0.6 is 11.8 Å². The second-order valence-corrected chi connectivity index (χ2v) is 4.62. The Hall–Kier alpha value is -1.03. The smallest absolute Gasteiger partial charge is 0.0812 e. The molecule has 0 spiro atoms. The Labute approximate surface area is 87.7 Å². The first kappa shape index (κ1) is 9.52. The van der Waals surface area contributed by atoms with Crippen molar-refractivity contribution in [2.24, 2.45) is 12.0 Å². The van der Waals surface area contributed by atoms with Crippen molar-refractivity contribution in [1.82, 2.24) is 4.57 Å². The van der Waals surface area contributed by atoms with Crippen molar-refractivity contribution in [2.75, 3.05) is 0 Å². The number of hydrogen-bond acceptors (Lipinski definition) is 3.